The Morgan fingerprint density at radius 3 is 2.45 bits per heavy atom. The van der Waals surface area contributed by atoms with E-state index in [1.54, 1.807) is 22.5 Å². The van der Waals surface area contributed by atoms with Crippen molar-refractivity contribution in [3.8, 4) is 0 Å². The van der Waals surface area contributed by atoms with E-state index in [1.165, 1.54) is 0 Å². The van der Waals surface area contributed by atoms with E-state index < -0.39 is 10.0 Å². The smallest absolute Gasteiger partial charge is 0.243 e. The first-order chi connectivity index (χ1) is 9.12. The summed E-state index contributed by atoms with van der Waals surface area (Å²) < 4.78 is 26.9. The van der Waals surface area contributed by atoms with Gasteiger partial charge in [0.25, 0.3) is 0 Å². The van der Waals surface area contributed by atoms with Gasteiger partial charge in [-0.1, -0.05) is 26.8 Å². The number of sulfonamides is 1. The Morgan fingerprint density at radius 1 is 1.30 bits per heavy atom. The molecule has 0 saturated carbocycles. The second-order valence-corrected chi connectivity index (χ2v) is 8.67. The lowest BCUT2D eigenvalue weighted by Gasteiger charge is -2.26. The van der Waals surface area contributed by atoms with Crippen LogP contribution in [0.2, 0.25) is 0 Å². The van der Waals surface area contributed by atoms with Gasteiger partial charge in [-0.2, -0.15) is 4.31 Å². The van der Waals surface area contributed by atoms with E-state index in [1.807, 2.05) is 6.92 Å². The predicted molar refractivity (Wildman–Crippen MR) is 81.9 cm³/mol. The average Bonchev–Trinajstić information content (AvgIpc) is 2.82. The Morgan fingerprint density at radius 2 is 1.95 bits per heavy atom. The molecule has 1 aliphatic heterocycles. The van der Waals surface area contributed by atoms with E-state index in [4.69, 9.17) is 5.73 Å². The van der Waals surface area contributed by atoms with Crippen LogP contribution in [0.3, 0.4) is 0 Å². The molecular formula is C15H24N2O2S. The molecule has 1 aliphatic rings. The topological polar surface area (TPSA) is 63.4 Å². The number of nitrogens with two attached hydrogens (primary N) is 1. The first kappa shape index (κ1) is 15.3. The highest BCUT2D eigenvalue weighted by Crippen LogP contribution is 2.36. The van der Waals surface area contributed by atoms with Crippen LogP contribution in [0.15, 0.2) is 23.1 Å². The largest absolute Gasteiger partial charge is 0.398 e. The van der Waals surface area contributed by atoms with Gasteiger partial charge < -0.3 is 5.73 Å². The maximum Gasteiger partial charge on any atom is 0.243 e. The van der Waals surface area contributed by atoms with E-state index in [0.29, 0.717) is 29.6 Å². The molecule has 1 aromatic carbocycles. The predicted octanol–water partition coefficient (Wildman–Crippen LogP) is 2.63. The molecule has 0 bridgehead atoms. The monoisotopic (exact) mass is 296 g/mol. The normalized spacial score (nSPS) is 21.3. The molecule has 1 unspecified atom stereocenters. The lowest BCUT2D eigenvalue weighted by Crippen LogP contribution is -2.31. The van der Waals surface area contributed by atoms with Gasteiger partial charge in [-0.05, 0) is 42.4 Å². The maximum absolute atomic E-state index is 12.6. The number of nitrogen functional groups attached to an aromatic ring is 1. The highest BCUT2D eigenvalue weighted by Gasteiger charge is 2.37. The molecule has 20 heavy (non-hydrogen) atoms. The van der Waals surface area contributed by atoms with Gasteiger partial charge in [0.1, 0.15) is 0 Å². The molecule has 5 heteroatoms. The summed E-state index contributed by atoms with van der Waals surface area (Å²) in [7, 11) is -3.42. The highest BCUT2D eigenvalue weighted by molar-refractivity contribution is 7.89. The van der Waals surface area contributed by atoms with Crippen LogP contribution < -0.4 is 5.73 Å². The molecule has 112 valence electrons. The summed E-state index contributed by atoms with van der Waals surface area (Å²) in [5.41, 5.74) is 7.39. The molecule has 1 saturated heterocycles. The van der Waals surface area contributed by atoms with Crippen molar-refractivity contribution in [3.05, 3.63) is 23.8 Å². The molecule has 1 aromatic rings. The molecule has 1 fully saturated rings. The summed E-state index contributed by atoms with van der Waals surface area (Å²) in [5, 5.41) is 0. The Bertz CT molecular complexity index is 603. The third-order valence-electron chi connectivity index (χ3n) is 4.26. The Labute approximate surface area is 122 Å². The van der Waals surface area contributed by atoms with Crippen molar-refractivity contribution in [1.82, 2.24) is 4.31 Å². The van der Waals surface area contributed by atoms with Gasteiger partial charge in [0.05, 0.1) is 4.90 Å². The fourth-order valence-corrected chi connectivity index (χ4v) is 4.12. The minimum Gasteiger partial charge on any atom is -0.398 e. The molecular weight excluding hydrogens is 272 g/mol. The van der Waals surface area contributed by atoms with Crippen molar-refractivity contribution >= 4 is 15.7 Å². The fraction of sp³-hybridized carbons (Fsp3) is 0.600. The van der Waals surface area contributed by atoms with Crippen LogP contribution in [0.4, 0.5) is 5.69 Å². The highest BCUT2D eigenvalue weighted by atomic mass is 32.2. The molecule has 4 nitrogen and oxygen atoms in total. The SMILES string of the molecule is Cc1ccc(S(=O)(=O)N2CCC(C(C)(C)C)C2)cc1N. The fourth-order valence-electron chi connectivity index (χ4n) is 2.58. The van der Waals surface area contributed by atoms with Crippen LogP contribution in [-0.4, -0.2) is 25.8 Å². The van der Waals surface area contributed by atoms with Gasteiger partial charge in [0.15, 0.2) is 0 Å². The standard InChI is InChI=1S/C15H24N2O2S/c1-11-5-6-13(9-14(11)16)20(18,19)17-8-7-12(10-17)15(2,3)4/h5-6,9,12H,7-8,10,16H2,1-4H3. The second-order valence-electron chi connectivity index (χ2n) is 6.73. The number of nitrogens with zero attached hydrogens (tertiary/aromatic N) is 1. The zero-order chi connectivity index (χ0) is 15.1. The van der Waals surface area contributed by atoms with Crippen LogP contribution in [0.5, 0.6) is 0 Å². The summed E-state index contributed by atoms with van der Waals surface area (Å²) in [6, 6.07) is 4.97. The zero-order valence-electron chi connectivity index (χ0n) is 12.7. The van der Waals surface area contributed by atoms with Crippen molar-refractivity contribution in [1.29, 1.82) is 0 Å². The first-order valence-electron chi connectivity index (χ1n) is 6.98. The Hall–Kier alpha value is -1.07. The van der Waals surface area contributed by atoms with Gasteiger partial charge in [0.2, 0.25) is 10.0 Å². The second kappa shape index (κ2) is 5.04. The molecule has 1 heterocycles. The van der Waals surface area contributed by atoms with Crippen molar-refractivity contribution in [2.24, 2.45) is 11.3 Å². The van der Waals surface area contributed by atoms with Crippen LogP contribution in [0.25, 0.3) is 0 Å². The van der Waals surface area contributed by atoms with Crippen LogP contribution in [-0.2, 0) is 10.0 Å². The Balaban J connectivity index is 2.26. The van der Waals surface area contributed by atoms with Crippen LogP contribution in [0.1, 0.15) is 32.8 Å². The minimum atomic E-state index is -3.42. The van der Waals surface area contributed by atoms with Crippen LogP contribution in [0, 0.1) is 18.3 Å². The molecule has 0 radical (unpaired) electrons. The first-order valence-corrected chi connectivity index (χ1v) is 8.42. The van der Waals surface area contributed by atoms with Gasteiger partial charge >= 0.3 is 0 Å². The third kappa shape index (κ3) is 2.83. The average molecular weight is 296 g/mol. The van der Waals surface area contributed by atoms with E-state index in [-0.39, 0.29) is 5.41 Å². The van der Waals surface area contributed by atoms with Crippen LogP contribution >= 0.6 is 0 Å². The third-order valence-corrected chi connectivity index (χ3v) is 6.13. The summed E-state index contributed by atoms with van der Waals surface area (Å²) in [6.45, 7) is 9.56. The summed E-state index contributed by atoms with van der Waals surface area (Å²) in [4.78, 5) is 0.301. The minimum absolute atomic E-state index is 0.135. The molecule has 0 amide bonds. The van der Waals surface area contributed by atoms with E-state index in [2.05, 4.69) is 20.8 Å². The number of aryl methyl sites for hydroxylation is 1. The maximum atomic E-state index is 12.6. The number of hydrogen-bond acceptors (Lipinski definition) is 3. The van der Waals surface area contributed by atoms with E-state index >= 15 is 0 Å². The zero-order valence-corrected chi connectivity index (χ0v) is 13.5. The van der Waals surface area contributed by atoms with Crippen molar-refractivity contribution < 1.29 is 8.42 Å². The summed E-state index contributed by atoms with van der Waals surface area (Å²) >= 11 is 0. The molecule has 2 N–H and O–H groups in total. The summed E-state index contributed by atoms with van der Waals surface area (Å²) in [6.07, 6.45) is 0.921. The van der Waals surface area contributed by atoms with Gasteiger partial charge in [-0.15, -0.1) is 0 Å². The van der Waals surface area contributed by atoms with Gasteiger partial charge in [0, 0.05) is 18.8 Å². The number of anilines is 1. The number of rotatable bonds is 2. The summed E-state index contributed by atoms with van der Waals surface area (Å²) in [5.74, 6) is 0.403. The number of benzene rings is 1. The molecule has 0 aliphatic carbocycles. The van der Waals surface area contributed by atoms with Gasteiger partial charge in [-0.3, -0.25) is 0 Å². The molecule has 1 atom stereocenters. The van der Waals surface area contributed by atoms with Crippen molar-refractivity contribution in [2.45, 2.75) is 39.0 Å². The van der Waals surface area contributed by atoms with E-state index in [9.17, 15) is 8.42 Å². The number of hydrogen-bond donors (Lipinski definition) is 1. The lowest BCUT2D eigenvalue weighted by molar-refractivity contribution is 0.252. The lowest BCUT2D eigenvalue weighted by atomic mass is 9.80. The van der Waals surface area contributed by atoms with Gasteiger partial charge in [-0.25, -0.2) is 8.42 Å². The molecule has 0 aromatic heterocycles. The van der Waals surface area contributed by atoms with Crippen molar-refractivity contribution in [3.63, 3.8) is 0 Å². The molecule has 0 spiro atoms. The Kier molecular flexibility index (Phi) is 3.86. The van der Waals surface area contributed by atoms with Crippen molar-refractivity contribution in [2.75, 3.05) is 18.8 Å². The van der Waals surface area contributed by atoms with E-state index in [0.717, 1.165) is 12.0 Å². The molecule has 2 rings (SSSR count). The quantitative estimate of drug-likeness (QED) is 0.853.